The van der Waals surface area contributed by atoms with Crippen LogP contribution in [0.4, 0.5) is 0 Å². The first-order chi connectivity index (χ1) is 15.0. The third kappa shape index (κ3) is 4.07. The van der Waals surface area contributed by atoms with Gasteiger partial charge < -0.3 is 0 Å². The summed E-state index contributed by atoms with van der Waals surface area (Å²) in [6, 6.07) is 41.1. The van der Waals surface area contributed by atoms with E-state index < -0.39 is 5.31 Å². The van der Waals surface area contributed by atoms with Crippen molar-refractivity contribution < 1.29 is 4.74 Å². The predicted octanol–water partition coefficient (Wildman–Crippen LogP) is 6.81. The Morgan fingerprint density at radius 3 is 1.42 bits per heavy atom. The molecular weight excluding hydrogens is 463 g/mol. The number of hydrogen-bond acceptors (Lipinski definition) is 1. The van der Waals surface area contributed by atoms with Gasteiger partial charge in [-0.05, 0) is 0 Å². The average Bonchev–Trinajstić information content (AvgIpc) is 2.82. The van der Waals surface area contributed by atoms with Gasteiger partial charge in [-0.15, -0.1) is 0 Å². The maximum atomic E-state index is 6.24. The second-order valence-corrected chi connectivity index (χ2v) is 17.0. The summed E-state index contributed by atoms with van der Waals surface area (Å²) >= 11 is 4.53. The van der Waals surface area contributed by atoms with E-state index in [0.29, 0.717) is 0 Å². The molecule has 3 heteroatoms. The second kappa shape index (κ2) is 8.99. The van der Waals surface area contributed by atoms with E-state index in [9.17, 15) is 0 Å². The average molecular weight is 491 g/mol. The van der Waals surface area contributed by atoms with E-state index in [0.717, 1.165) is 11.9 Å². The molecule has 0 N–H and O–H groups in total. The van der Waals surface area contributed by atoms with E-state index >= 15 is 0 Å². The Morgan fingerprint density at radius 1 is 0.613 bits per heavy atom. The van der Waals surface area contributed by atoms with Gasteiger partial charge in [0.1, 0.15) is 0 Å². The van der Waals surface area contributed by atoms with Crippen molar-refractivity contribution in [3.05, 3.63) is 121 Å². The first-order valence-corrected chi connectivity index (χ1v) is 15.1. The van der Waals surface area contributed by atoms with Crippen molar-refractivity contribution in [3.63, 3.8) is 0 Å². The molecule has 0 unspecified atom stereocenters. The fourth-order valence-electron chi connectivity index (χ4n) is 4.26. The Kier molecular flexibility index (Phi) is 6.32. The Hall–Kier alpha value is -2.41. The molecule has 0 bridgehead atoms. The van der Waals surface area contributed by atoms with Gasteiger partial charge in [0, 0.05) is 0 Å². The van der Waals surface area contributed by atoms with Gasteiger partial charge in [0.25, 0.3) is 0 Å². The molecule has 1 nitrogen and oxygen atoms in total. The van der Waals surface area contributed by atoms with Crippen LogP contribution in [0.3, 0.4) is 0 Å². The molecule has 0 aromatic heterocycles. The zero-order chi connectivity index (χ0) is 21.8. The van der Waals surface area contributed by atoms with E-state index in [2.05, 4.69) is 145 Å². The number of ether oxygens (including phenoxy) is 1. The molecule has 0 aliphatic carbocycles. The number of halogens is 1. The van der Waals surface area contributed by atoms with Gasteiger partial charge in [-0.25, -0.2) is 0 Å². The Labute approximate surface area is 193 Å². The molecule has 4 aromatic carbocycles. The Bertz CT molecular complexity index is 1030. The molecule has 0 atom stereocenters. The summed E-state index contributed by atoms with van der Waals surface area (Å²) in [5.74, 6) is 0.953. The molecule has 31 heavy (non-hydrogen) atoms. The fraction of sp³-hybridized carbons (Fsp3) is 0.143. The van der Waals surface area contributed by atoms with Gasteiger partial charge in [0.05, 0.1) is 0 Å². The molecular formula is C28H28BrOP. The Morgan fingerprint density at radius 2 is 1.00 bits per heavy atom. The van der Waals surface area contributed by atoms with Crippen molar-refractivity contribution in [1.82, 2.24) is 0 Å². The summed E-state index contributed by atoms with van der Waals surface area (Å²) in [6.07, 6.45) is 0.944. The van der Waals surface area contributed by atoms with Crippen molar-refractivity contribution in [3.8, 4) is 5.75 Å². The van der Waals surface area contributed by atoms with Gasteiger partial charge in [-0.3, -0.25) is 0 Å². The second-order valence-electron chi connectivity index (χ2n) is 8.12. The zero-order valence-electron chi connectivity index (χ0n) is 18.0. The van der Waals surface area contributed by atoms with Crippen molar-refractivity contribution in [1.29, 1.82) is 0 Å². The van der Waals surface area contributed by atoms with Crippen LogP contribution < -0.4 is 20.7 Å². The van der Waals surface area contributed by atoms with Gasteiger partial charge >= 0.3 is 194 Å². The summed E-state index contributed by atoms with van der Waals surface area (Å²) in [5.41, 5.74) is 1.21. The predicted molar refractivity (Wildman–Crippen MR) is 140 cm³/mol. The standard InChI is InChI=1S/C28H28BrOP/c1-23(2)30-28-21-13-12-14-24(28)22-31(29,25-15-6-3-7-16-25,26-17-8-4-9-18-26)27-19-10-5-11-20-27/h3-21,23H,22H2,1-2H3. The van der Waals surface area contributed by atoms with Gasteiger partial charge in [0.2, 0.25) is 0 Å². The van der Waals surface area contributed by atoms with Crippen LogP contribution in [0.25, 0.3) is 0 Å². The van der Waals surface area contributed by atoms with Crippen molar-refractivity contribution in [2.75, 3.05) is 0 Å². The van der Waals surface area contributed by atoms with Crippen LogP contribution >= 0.6 is 20.8 Å². The van der Waals surface area contributed by atoms with E-state index in [-0.39, 0.29) is 6.10 Å². The van der Waals surface area contributed by atoms with E-state index in [4.69, 9.17) is 4.74 Å². The molecule has 0 aliphatic rings. The van der Waals surface area contributed by atoms with E-state index in [1.807, 2.05) is 0 Å². The van der Waals surface area contributed by atoms with Gasteiger partial charge in [0.15, 0.2) is 0 Å². The summed E-state index contributed by atoms with van der Waals surface area (Å²) in [5, 5.41) is 0.897. The van der Waals surface area contributed by atoms with Crippen LogP contribution in [0.1, 0.15) is 19.4 Å². The normalized spacial score (nSPS) is 12.8. The summed E-state index contributed by atoms with van der Waals surface area (Å²) in [4.78, 5) is 0. The van der Waals surface area contributed by atoms with Crippen molar-refractivity contribution >= 4 is 36.7 Å². The van der Waals surface area contributed by atoms with Crippen LogP contribution in [-0.2, 0) is 6.16 Å². The minimum absolute atomic E-state index is 0.118. The third-order valence-electron chi connectivity index (χ3n) is 5.69. The zero-order valence-corrected chi connectivity index (χ0v) is 20.5. The topological polar surface area (TPSA) is 9.23 Å². The van der Waals surface area contributed by atoms with Gasteiger partial charge in [-0.2, -0.15) is 0 Å². The van der Waals surface area contributed by atoms with E-state index in [1.54, 1.807) is 0 Å². The van der Waals surface area contributed by atoms with E-state index in [1.165, 1.54) is 21.5 Å². The Balaban J connectivity index is 2.05. The number of hydrogen-bond donors (Lipinski definition) is 0. The molecule has 0 spiro atoms. The molecule has 158 valence electrons. The van der Waals surface area contributed by atoms with Crippen molar-refractivity contribution in [2.24, 2.45) is 0 Å². The first-order valence-electron chi connectivity index (χ1n) is 10.7. The molecule has 0 saturated heterocycles. The fourth-order valence-corrected chi connectivity index (χ4v) is 11.9. The van der Waals surface area contributed by atoms with Crippen LogP contribution in [0, 0.1) is 0 Å². The molecule has 0 heterocycles. The summed E-state index contributed by atoms with van der Waals surface area (Å²) in [6.45, 7) is 4.16. The first kappa shape index (κ1) is 21.8. The monoisotopic (exact) mass is 490 g/mol. The number of para-hydroxylation sites is 1. The molecule has 0 saturated carbocycles. The van der Waals surface area contributed by atoms with Gasteiger partial charge in [-0.1, -0.05) is 0 Å². The minimum atomic E-state index is -3.03. The van der Waals surface area contributed by atoms with Crippen LogP contribution in [0.15, 0.2) is 115 Å². The SMILES string of the molecule is CC(C)Oc1ccccc1CP(Br)(c1ccccc1)(c1ccccc1)c1ccccc1. The summed E-state index contributed by atoms with van der Waals surface area (Å²) in [7, 11) is 0. The molecule has 4 rings (SSSR count). The number of benzene rings is 4. The van der Waals surface area contributed by atoms with Crippen LogP contribution in [0.2, 0.25) is 0 Å². The van der Waals surface area contributed by atoms with Crippen LogP contribution in [-0.4, -0.2) is 6.10 Å². The molecule has 0 aliphatic heterocycles. The summed E-state index contributed by atoms with van der Waals surface area (Å²) < 4.78 is 6.24. The van der Waals surface area contributed by atoms with Crippen LogP contribution in [0.5, 0.6) is 5.75 Å². The molecule has 0 radical (unpaired) electrons. The third-order valence-corrected chi connectivity index (χ3v) is 15.2. The molecule has 4 aromatic rings. The van der Waals surface area contributed by atoms with Crippen molar-refractivity contribution in [2.45, 2.75) is 26.1 Å². The number of rotatable bonds is 7. The molecule has 0 amide bonds. The maximum absolute atomic E-state index is 6.24. The molecule has 0 fully saturated rings. The quantitative estimate of drug-likeness (QED) is 0.258.